The van der Waals surface area contributed by atoms with Crippen LogP contribution in [0, 0.1) is 0 Å². The van der Waals surface area contributed by atoms with E-state index in [-0.39, 0.29) is 0 Å². The summed E-state index contributed by atoms with van der Waals surface area (Å²) in [5.41, 5.74) is 5.25. The molecule has 3 aliphatic rings. The van der Waals surface area contributed by atoms with Crippen LogP contribution in [0.2, 0.25) is 0 Å². The average Bonchev–Trinajstić information content (AvgIpc) is 2.82. The van der Waals surface area contributed by atoms with Crippen LogP contribution in [-0.2, 0) is 12.8 Å². The predicted molar refractivity (Wildman–Crippen MR) is 90.3 cm³/mol. The summed E-state index contributed by atoms with van der Waals surface area (Å²) in [5, 5.41) is 2.55. The Bertz CT molecular complexity index is 961. The van der Waals surface area contributed by atoms with Crippen molar-refractivity contribution in [2.45, 2.75) is 19.3 Å². The molecule has 1 aliphatic heterocycles. The number of benzene rings is 2. The lowest BCUT2D eigenvalue weighted by atomic mass is 10.0. The molecule has 5 rings (SSSR count). The van der Waals surface area contributed by atoms with Crippen molar-refractivity contribution in [2.75, 3.05) is 0 Å². The molecule has 2 aromatic rings. The first-order valence-corrected chi connectivity index (χ1v) is 7.92. The van der Waals surface area contributed by atoms with Gasteiger partial charge >= 0.3 is 0 Å². The maximum Gasteiger partial charge on any atom is 0.138 e. The van der Waals surface area contributed by atoms with Crippen LogP contribution >= 0.6 is 0 Å². The van der Waals surface area contributed by atoms with Gasteiger partial charge in [0.05, 0.1) is 0 Å². The summed E-state index contributed by atoms with van der Waals surface area (Å²) in [6.45, 7) is 0. The molecule has 0 fully saturated rings. The van der Waals surface area contributed by atoms with E-state index in [0.717, 1.165) is 24.4 Å². The number of rotatable bonds is 0. The van der Waals surface area contributed by atoms with Crippen LogP contribution in [0.3, 0.4) is 0 Å². The molecule has 1 heterocycles. The van der Waals surface area contributed by atoms with Crippen molar-refractivity contribution in [3.63, 3.8) is 0 Å². The SMILES string of the molecule is c1ccc2c(c1)CCCc1cc3c4ccccc4cc-3oc1-2. The van der Waals surface area contributed by atoms with Gasteiger partial charge in [0.2, 0.25) is 0 Å². The molecular formula is C21H16O. The van der Waals surface area contributed by atoms with E-state index in [2.05, 4.69) is 60.7 Å². The average molecular weight is 284 g/mol. The molecule has 106 valence electrons. The van der Waals surface area contributed by atoms with E-state index in [1.54, 1.807) is 0 Å². The smallest absolute Gasteiger partial charge is 0.138 e. The van der Waals surface area contributed by atoms with Gasteiger partial charge in [-0.1, -0.05) is 48.5 Å². The maximum atomic E-state index is 6.38. The predicted octanol–water partition coefficient (Wildman–Crippen LogP) is 5.69. The third-order valence-corrected chi connectivity index (χ3v) is 4.78. The van der Waals surface area contributed by atoms with Gasteiger partial charge in [0.1, 0.15) is 11.5 Å². The Labute approximate surface area is 129 Å². The third kappa shape index (κ3) is 1.66. The molecule has 0 N–H and O–H groups in total. The first kappa shape index (κ1) is 12.0. The monoisotopic (exact) mass is 284 g/mol. The van der Waals surface area contributed by atoms with Gasteiger partial charge in [0, 0.05) is 11.1 Å². The molecule has 0 unspecified atom stereocenters. The summed E-state index contributed by atoms with van der Waals surface area (Å²) in [7, 11) is 0. The van der Waals surface area contributed by atoms with Gasteiger partial charge in [-0.3, -0.25) is 0 Å². The lowest BCUT2D eigenvalue weighted by Gasteiger charge is -2.11. The van der Waals surface area contributed by atoms with Crippen LogP contribution < -0.4 is 0 Å². The zero-order chi connectivity index (χ0) is 14.5. The fraction of sp³-hybridized carbons (Fsp3) is 0.143. The van der Waals surface area contributed by atoms with Crippen LogP contribution in [0.1, 0.15) is 17.5 Å². The Hall–Kier alpha value is -2.54. The molecule has 22 heavy (non-hydrogen) atoms. The molecule has 1 nitrogen and oxygen atoms in total. The Balaban J connectivity index is 1.87. The zero-order valence-corrected chi connectivity index (χ0v) is 12.3. The van der Waals surface area contributed by atoms with Crippen molar-refractivity contribution in [2.24, 2.45) is 0 Å². The van der Waals surface area contributed by atoms with Gasteiger partial charge in [-0.25, -0.2) is 0 Å². The normalized spacial score (nSPS) is 13.8. The molecule has 0 spiro atoms. The van der Waals surface area contributed by atoms with E-state index >= 15 is 0 Å². The van der Waals surface area contributed by atoms with E-state index in [9.17, 15) is 0 Å². The van der Waals surface area contributed by atoms with Gasteiger partial charge in [0.25, 0.3) is 0 Å². The minimum Gasteiger partial charge on any atom is -0.456 e. The number of fused-ring (bicyclic) bond motifs is 6. The molecular weight excluding hydrogens is 268 g/mol. The highest BCUT2D eigenvalue weighted by Gasteiger charge is 2.21. The maximum absolute atomic E-state index is 6.38. The number of hydrogen-bond donors (Lipinski definition) is 0. The van der Waals surface area contributed by atoms with Gasteiger partial charge in [-0.15, -0.1) is 0 Å². The molecule has 1 heteroatoms. The van der Waals surface area contributed by atoms with Crippen LogP contribution in [0.15, 0.2) is 65.1 Å². The van der Waals surface area contributed by atoms with Crippen molar-refractivity contribution >= 4 is 10.8 Å². The van der Waals surface area contributed by atoms with E-state index in [1.807, 2.05) is 0 Å². The largest absolute Gasteiger partial charge is 0.456 e. The summed E-state index contributed by atoms with van der Waals surface area (Å²) in [5.74, 6) is 2.06. The highest BCUT2D eigenvalue weighted by atomic mass is 16.3. The molecule has 0 amide bonds. The highest BCUT2D eigenvalue weighted by molar-refractivity contribution is 6.01. The second-order valence-corrected chi connectivity index (χ2v) is 6.12. The topological polar surface area (TPSA) is 13.1 Å². The van der Waals surface area contributed by atoms with Gasteiger partial charge in [-0.05, 0) is 53.3 Å². The molecule has 0 radical (unpaired) electrons. The Morgan fingerprint density at radius 2 is 1.55 bits per heavy atom. The summed E-state index contributed by atoms with van der Waals surface area (Å²) in [4.78, 5) is 0. The van der Waals surface area contributed by atoms with Crippen LogP contribution in [-0.4, -0.2) is 0 Å². The molecule has 0 saturated heterocycles. The van der Waals surface area contributed by atoms with Gasteiger partial charge in [-0.2, -0.15) is 0 Å². The Kier molecular flexibility index (Phi) is 2.45. The molecule has 2 aliphatic carbocycles. The van der Waals surface area contributed by atoms with Crippen LogP contribution in [0.5, 0.6) is 0 Å². The van der Waals surface area contributed by atoms with E-state index in [0.29, 0.717) is 0 Å². The van der Waals surface area contributed by atoms with Crippen LogP contribution in [0.4, 0.5) is 0 Å². The van der Waals surface area contributed by atoms with E-state index in [1.165, 1.54) is 39.4 Å². The van der Waals surface area contributed by atoms with E-state index < -0.39 is 0 Å². The fourth-order valence-electron chi connectivity index (χ4n) is 3.71. The summed E-state index contributed by atoms with van der Waals surface area (Å²) in [6, 6.07) is 21.7. The third-order valence-electron chi connectivity index (χ3n) is 4.78. The standard InChI is InChI=1S/C21H16O/c1-4-11-18-14(6-1)8-5-9-16-12-19-17-10-3-2-7-15(17)13-20(19)22-21(16)18/h1-4,6-7,10-13H,5,8-9H2. The molecule has 0 bridgehead atoms. The Morgan fingerprint density at radius 1 is 0.727 bits per heavy atom. The minimum atomic E-state index is 0.997. The summed E-state index contributed by atoms with van der Waals surface area (Å²) >= 11 is 0. The van der Waals surface area contributed by atoms with Crippen molar-refractivity contribution in [1.82, 2.24) is 0 Å². The molecule has 2 aromatic carbocycles. The van der Waals surface area contributed by atoms with Crippen molar-refractivity contribution in [3.05, 3.63) is 71.8 Å². The van der Waals surface area contributed by atoms with Crippen molar-refractivity contribution < 1.29 is 4.42 Å². The second-order valence-electron chi connectivity index (χ2n) is 6.12. The van der Waals surface area contributed by atoms with Crippen LogP contribution in [0.25, 0.3) is 33.4 Å². The first-order valence-electron chi connectivity index (χ1n) is 7.92. The fourth-order valence-corrected chi connectivity index (χ4v) is 3.71. The molecule has 0 atom stereocenters. The summed E-state index contributed by atoms with van der Waals surface area (Å²) in [6.07, 6.45) is 3.40. The first-order chi connectivity index (χ1) is 10.9. The number of aryl methyl sites for hydroxylation is 2. The summed E-state index contributed by atoms with van der Waals surface area (Å²) < 4.78 is 6.38. The van der Waals surface area contributed by atoms with E-state index in [4.69, 9.17) is 4.42 Å². The quantitative estimate of drug-likeness (QED) is 0.404. The Morgan fingerprint density at radius 3 is 2.55 bits per heavy atom. The highest BCUT2D eigenvalue weighted by Crippen LogP contribution is 2.41. The second kappa shape index (κ2) is 4.48. The lowest BCUT2D eigenvalue weighted by molar-refractivity contribution is 0.576. The number of hydrogen-bond acceptors (Lipinski definition) is 1. The van der Waals surface area contributed by atoms with Crippen molar-refractivity contribution in [1.29, 1.82) is 0 Å². The molecule has 0 saturated carbocycles. The van der Waals surface area contributed by atoms with Gasteiger partial charge in [0.15, 0.2) is 0 Å². The van der Waals surface area contributed by atoms with Gasteiger partial charge < -0.3 is 4.42 Å². The zero-order valence-electron chi connectivity index (χ0n) is 12.3. The minimum absolute atomic E-state index is 0.997. The van der Waals surface area contributed by atoms with Crippen molar-refractivity contribution in [3.8, 4) is 22.6 Å². The molecule has 0 aromatic heterocycles. The lowest BCUT2D eigenvalue weighted by Crippen LogP contribution is -1.90.